The van der Waals surface area contributed by atoms with Crippen molar-refractivity contribution in [2.24, 2.45) is 44.3 Å². The first-order valence-electron chi connectivity index (χ1n) is 15.9. The van der Waals surface area contributed by atoms with Crippen LogP contribution in [0.25, 0.3) is 0 Å². The molecule has 2 spiro atoms. The van der Waals surface area contributed by atoms with Gasteiger partial charge in [0.15, 0.2) is 11.6 Å². The summed E-state index contributed by atoms with van der Waals surface area (Å²) < 4.78 is 33.3. The molecule has 2 aliphatic carbocycles. The molecule has 2 saturated carbocycles. The van der Waals surface area contributed by atoms with Crippen LogP contribution in [-0.2, 0) is 23.7 Å². The molecule has 0 aromatic heterocycles. The molecule has 4 fully saturated rings. The van der Waals surface area contributed by atoms with Crippen molar-refractivity contribution in [3.63, 3.8) is 0 Å². The van der Waals surface area contributed by atoms with Gasteiger partial charge in [0.05, 0.1) is 39.6 Å². The van der Waals surface area contributed by atoms with Gasteiger partial charge in [0.1, 0.15) is 0 Å². The number of hydrogen-bond donors (Lipinski definition) is 0. The Labute approximate surface area is 240 Å². The van der Waals surface area contributed by atoms with Gasteiger partial charge in [0.25, 0.3) is 0 Å². The predicted octanol–water partition coefficient (Wildman–Crippen LogP) is 8.25. The Bertz CT molecular complexity index is 745. The van der Waals surface area contributed by atoms with Gasteiger partial charge in [-0.05, 0) is 46.3 Å². The number of rotatable bonds is 6. The Kier molecular flexibility index (Phi) is 8.31. The molecule has 0 amide bonds. The van der Waals surface area contributed by atoms with Gasteiger partial charge >= 0.3 is 0 Å². The van der Waals surface area contributed by atoms with Gasteiger partial charge in [0, 0.05) is 36.5 Å². The van der Waals surface area contributed by atoms with Crippen LogP contribution in [-0.4, -0.2) is 51.2 Å². The third-order valence-corrected chi connectivity index (χ3v) is 12.5. The maximum atomic E-state index is 6.70. The fourth-order valence-electron chi connectivity index (χ4n) is 8.61. The Morgan fingerprint density at radius 3 is 1.00 bits per heavy atom. The smallest absolute Gasteiger partial charge is 0.169 e. The standard InChI is InChI=1S/C34H62O5/c1-13-31(21-36-33(37-22-31)15-27(5,6)25(3)28(7,8)16-33)19-35-20-32(14-2)23-38-34(39-24-32)17-29(9,10)26(4)30(11,12)18-34/h25-26H,13-24H2,1-12H3. The molecule has 0 bridgehead atoms. The summed E-state index contributed by atoms with van der Waals surface area (Å²) in [6.45, 7) is 32.3. The maximum Gasteiger partial charge on any atom is 0.169 e. The summed E-state index contributed by atoms with van der Waals surface area (Å²) in [5, 5.41) is 0. The second-order valence-electron chi connectivity index (χ2n) is 17.3. The number of hydrogen-bond acceptors (Lipinski definition) is 5. The molecule has 0 aromatic carbocycles. The first kappa shape index (κ1) is 31.7. The van der Waals surface area contributed by atoms with E-state index in [2.05, 4.69) is 83.1 Å². The highest BCUT2D eigenvalue weighted by Gasteiger charge is 2.58. The van der Waals surface area contributed by atoms with Crippen molar-refractivity contribution < 1.29 is 23.7 Å². The molecular formula is C34H62O5. The van der Waals surface area contributed by atoms with Crippen molar-refractivity contribution in [3.05, 3.63) is 0 Å². The third-order valence-electron chi connectivity index (χ3n) is 12.5. The largest absolute Gasteiger partial charge is 0.380 e. The summed E-state index contributed by atoms with van der Waals surface area (Å²) in [7, 11) is 0. The highest BCUT2D eigenvalue weighted by Crippen LogP contribution is 2.58. The summed E-state index contributed by atoms with van der Waals surface area (Å²) in [5.74, 6) is 0.285. The molecule has 0 N–H and O–H groups in total. The van der Waals surface area contributed by atoms with E-state index < -0.39 is 11.6 Å². The summed E-state index contributed by atoms with van der Waals surface area (Å²) in [5.41, 5.74) is 0.494. The second-order valence-corrected chi connectivity index (χ2v) is 17.3. The van der Waals surface area contributed by atoms with Crippen LogP contribution in [0.15, 0.2) is 0 Å². The van der Waals surface area contributed by atoms with Crippen LogP contribution in [0.2, 0.25) is 0 Å². The van der Waals surface area contributed by atoms with Crippen LogP contribution in [0.1, 0.15) is 122 Å². The predicted molar refractivity (Wildman–Crippen MR) is 157 cm³/mol. The number of ether oxygens (including phenoxy) is 5. The molecule has 2 saturated heterocycles. The van der Waals surface area contributed by atoms with Crippen LogP contribution in [0, 0.1) is 44.3 Å². The van der Waals surface area contributed by atoms with Gasteiger partial charge < -0.3 is 23.7 Å². The monoisotopic (exact) mass is 550 g/mol. The SMILES string of the molecule is CCC1(COCC2(CC)COC3(CC(C)(C)C(C)C(C)(C)C3)OC2)COC2(CC(C)(C)C(C)C(C)(C)C2)OC1. The van der Waals surface area contributed by atoms with Gasteiger partial charge in [0.2, 0.25) is 0 Å². The highest BCUT2D eigenvalue weighted by atomic mass is 16.7. The molecule has 228 valence electrons. The molecule has 0 unspecified atom stereocenters. The molecule has 0 atom stereocenters. The van der Waals surface area contributed by atoms with Crippen LogP contribution in [0.3, 0.4) is 0 Å². The zero-order valence-electron chi connectivity index (χ0n) is 27.7. The van der Waals surface area contributed by atoms with E-state index in [1.54, 1.807) is 0 Å². The van der Waals surface area contributed by atoms with Crippen molar-refractivity contribution in [1.82, 2.24) is 0 Å². The lowest BCUT2D eigenvalue weighted by Crippen LogP contribution is -2.60. The average Bonchev–Trinajstić information content (AvgIpc) is 2.83. The van der Waals surface area contributed by atoms with Crippen molar-refractivity contribution in [3.8, 4) is 0 Å². The van der Waals surface area contributed by atoms with Crippen molar-refractivity contribution in [2.45, 2.75) is 133 Å². The van der Waals surface area contributed by atoms with Crippen molar-refractivity contribution in [2.75, 3.05) is 39.6 Å². The zero-order chi connectivity index (χ0) is 29.2. The van der Waals surface area contributed by atoms with Crippen molar-refractivity contribution >= 4 is 0 Å². The summed E-state index contributed by atoms with van der Waals surface area (Å²) in [6, 6.07) is 0. The first-order chi connectivity index (χ1) is 17.8. The second kappa shape index (κ2) is 10.2. The van der Waals surface area contributed by atoms with Gasteiger partial charge in [-0.15, -0.1) is 0 Å². The maximum absolute atomic E-state index is 6.70. The van der Waals surface area contributed by atoms with E-state index in [0.717, 1.165) is 38.5 Å². The van der Waals surface area contributed by atoms with Crippen molar-refractivity contribution in [1.29, 1.82) is 0 Å². The van der Waals surface area contributed by atoms with E-state index in [1.807, 2.05) is 0 Å². The van der Waals surface area contributed by atoms with Gasteiger partial charge in [-0.25, -0.2) is 0 Å². The fourth-order valence-corrected chi connectivity index (χ4v) is 8.61. The minimum absolute atomic E-state index is 0.108. The van der Waals surface area contributed by atoms with Crippen LogP contribution in [0.4, 0.5) is 0 Å². The molecule has 5 heteroatoms. The average molecular weight is 551 g/mol. The van der Waals surface area contributed by atoms with E-state index in [-0.39, 0.29) is 32.5 Å². The topological polar surface area (TPSA) is 46.2 Å². The summed E-state index contributed by atoms with van der Waals surface area (Å²) in [4.78, 5) is 0. The molecule has 0 radical (unpaired) electrons. The molecule has 4 rings (SSSR count). The van der Waals surface area contributed by atoms with Gasteiger partial charge in [-0.2, -0.15) is 0 Å². The Balaban J connectivity index is 1.34. The third kappa shape index (κ3) is 6.01. The van der Waals surface area contributed by atoms with E-state index in [4.69, 9.17) is 23.7 Å². The Hall–Kier alpha value is -0.200. The van der Waals surface area contributed by atoms with E-state index in [0.29, 0.717) is 51.5 Å². The fraction of sp³-hybridized carbons (Fsp3) is 1.00. The highest BCUT2D eigenvalue weighted by molar-refractivity contribution is 5.02. The van der Waals surface area contributed by atoms with E-state index in [9.17, 15) is 0 Å². The molecule has 2 heterocycles. The minimum atomic E-state index is -0.471. The van der Waals surface area contributed by atoms with Crippen LogP contribution >= 0.6 is 0 Å². The van der Waals surface area contributed by atoms with E-state index in [1.165, 1.54) is 0 Å². The lowest BCUT2D eigenvalue weighted by molar-refractivity contribution is -0.354. The van der Waals surface area contributed by atoms with E-state index >= 15 is 0 Å². The van der Waals surface area contributed by atoms with Crippen LogP contribution < -0.4 is 0 Å². The lowest BCUT2D eigenvalue weighted by Gasteiger charge is -2.58. The molecule has 5 nitrogen and oxygen atoms in total. The first-order valence-corrected chi connectivity index (χ1v) is 15.9. The molecule has 39 heavy (non-hydrogen) atoms. The Morgan fingerprint density at radius 2 is 0.769 bits per heavy atom. The summed E-state index contributed by atoms with van der Waals surface area (Å²) in [6.07, 6.45) is 5.76. The molecule has 0 aromatic rings. The molecule has 4 aliphatic rings. The Morgan fingerprint density at radius 1 is 0.513 bits per heavy atom. The minimum Gasteiger partial charge on any atom is -0.380 e. The van der Waals surface area contributed by atoms with Crippen LogP contribution in [0.5, 0.6) is 0 Å². The lowest BCUT2D eigenvalue weighted by atomic mass is 9.56. The molecule has 2 aliphatic heterocycles. The zero-order valence-corrected chi connectivity index (χ0v) is 27.7. The normalized spacial score (nSPS) is 44.9. The van der Waals surface area contributed by atoms with Gasteiger partial charge in [-0.1, -0.05) is 83.1 Å². The molecular weight excluding hydrogens is 488 g/mol. The quantitative estimate of drug-likeness (QED) is 0.333. The summed E-state index contributed by atoms with van der Waals surface area (Å²) >= 11 is 0. The van der Waals surface area contributed by atoms with Gasteiger partial charge in [-0.3, -0.25) is 0 Å².